The number of nitriles is 1. The van der Waals surface area contributed by atoms with Crippen molar-refractivity contribution in [3.8, 4) is 6.07 Å². The van der Waals surface area contributed by atoms with E-state index in [0.29, 0.717) is 13.1 Å². The Bertz CT molecular complexity index is 839. The van der Waals surface area contributed by atoms with Crippen LogP contribution in [0.25, 0.3) is 0 Å². The van der Waals surface area contributed by atoms with E-state index in [1.807, 2.05) is 6.07 Å². The predicted molar refractivity (Wildman–Crippen MR) is 102 cm³/mol. The highest BCUT2D eigenvalue weighted by Crippen LogP contribution is 2.25. The summed E-state index contributed by atoms with van der Waals surface area (Å²) in [5.74, 6) is 0. The molecule has 1 saturated heterocycles. The van der Waals surface area contributed by atoms with E-state index in [1.165, 1.54) is 28.9 Å². The highest BCUT2D eigenvalue weighted by Gasteiger charge is 2.32. The molecule has 1 aromatic rings. The van der Waals surface area contributed by atoms with Crippen LogP contribution in [0.2, 0.25) is 5.02 Å². The van der Waals surface area contributed by atoms with Gasteiger partial charge in [0.05, 0.1) is 5.56 Å². The van der Waals surface area contributed by atoms with Crippen LogP contribution in [0, 0.1) is 11.3 Å². The third-order valence-electron chi connectivity index (χ3n) is 5.14. The van der Waals surface area contributed by atoms with Crippen LogP contribution in [0.3, 0.4) is 0 Å². The van der Waals surface area contributed by atoms with Gasteiger partial charge < -0.3 is 10.2 Å². The first kappa shape index (κ1) is 19.9. The van der Waals surface area contributed by atoms with Crippen molar-refractivity contribution in [2.75, 3.05) is 26.2 Å². The molecular formula is C18H23ClN4O3S. The fourth-order valence-electron chi connectivity index (χ4n) is 3.59. The third kappa shape index (κ3) is 4.54. The molecule has 1 saturated carbocycles. The van der Waals surface area contributed by atoms with Gasteiger partial charge in [-0.05, 0) is 31.0 Å². The second kappa shape index (κ2) is 8.46. The summed E-state index contributed by atoms with van der Waals surface area (Å²) >= 11 is 5.92. The number of piperazine rings is 1. The zero-order valence-electron chi connectivity index (χ0n) is 15.0. The van der Waals surface area contributed by atoms with E-state index in [0.717, 1.165) is 25.7 Å². The molecule has 9 heteroatoms. The minimum absolute atomic E-state index is 0.0665. The molecule has 0 spiro atoms. The number of hydrogen-bond donors (Lipinski definition) is 1. The maximum Gasteiger partial charge on any atom is 0.317 e. The Morgan fingerprint density at radius 2 is 1.81 bits per heavy atom. The van der Waals surface area contributed by atoms with Crippen LogP contribution >= 0.6 is 11.6 Å². The van der Waals surface area contributed by atoms with E-state index >= 15 is 0 Å². The molecule has 146 valence electrons. The van der Waals surface area contributed by atoms with Crippen molar-refractivity contribution < 1.29 is 13.2 Å². The predicted octanol–water partition coefficient (Wildman–Crippen LogP) is 2.56. The lowest BCUT2D eigenvalue weighted by Gasteiger charge is -2.35. The van der Waals surface area contributed by atoms with Crippen molar-refractivity contribution in [2.24, 2.45) is 0 Å². The van der Waals surface area contributed by atoms with Gasteiger partial charge in [0.15, 0.2) is 0 Å². The first-order chi connectivity index (χ1) is 12.9. The number of carbonyl (C=O) groups is 1. The number of halogens is 1. The quantitative estimate of drug-likeness (QED) is 0.828. The van der Waals surface area contributed by atoms with Crippen LogP contribution < -0.4 is 5.32 Å². The van der Waals surface area contributed by atoms with Crippen LogP contribution in [0.1, 0.15) is 37.7 Å². The number of carbonyl (C=O) groups excluding carboxylic acids is 1. The Morgan fingerprint density at radius 3 is 2.44 bits per heavy atom. The number of urea groups is 1. The SMILES string of the molecule is N#Cc1ccc(Cl)cc1S(=O)(=O)N1CCN(C(=O)NC2CCCCC2)CC1. The number of nitrogens with one attached hydrogen (secondary N) is 1. The smallest absolute Gasteiger partial charge is 0.317 e. The average Bonchev–Trinajstić information content (AvgIpc) is 2.69. The summed E-state index contributed by atoms with van der Waals surface area (Å²) in [6.07, 6.45) is 5.50. The maximum absolute atomic E-state index is 12.9. The molecule has 3 rings (SSSR count). The van der Waals surface area contributed by atoms with Crippen molar-refractivity contribution in [2.45, 2.75) is 43.0 Å². The normalized spacial score (nSPS) is 19.5. The van der Waals surface area contributed by atoms with Gasteiger partial charge in [-0.15, -0.1) is 0 Å². The second-order valence-electron chi connectivity index (χ2n) is 6.93. The Labute approximate surface area is 164 Å². The van der Waals surface area contributed by atoms with Crippen LogP contribution in [-0.2, 0) is 10.0 Å². The number of sulfonamides is 1. The highest BCUT2D eigenvalue weighted by atomic mass is 35.5. The summed E-state index contributed by atoms with van der Waals surface area (Å²) < 4.78 is 27.1. The molecule has 0 radical (unpaired) electrons. The summed E-state index contributed by atoms with van der Waals surface area (Å²) in [6, 6.07) is 6.20. The Balaban J connectivity index is 1.64. The monoisotopic (exact) mass is 410 g/mol. The Morgan fingerprint density at radius 1 is 1.15 bits per heavy atom. The Kier molecular flexibility index (Phi) is 6.25. The molecule has 2 fully saturated rings. The summed E-state index contributed by atoms with van der Waals surface area (Å²) in [6.45, 7) is 1.02. The van der Waals surface area contributed by atoms with Crippen LogP contribution in [0.5, 0.6) is 0 Å². The molecule has 1 aromatic carbocycles. The van der Waals surface area contributed by atoms with Crippen LogP contribution in [-0.4, -0.2) is 55.9 Å². The number of amides is 2. The van der Waals surface area contributed by atoms with E-state index in [9.17, 15) is 18.5 Å². The zero-order chi connectivity index (χ0) is 19.4. The van der Waals surface area contributed by atoms with Gasteiger partial charge >= 0.3 is 6.03 Å². The van der Waals surface area contributed by atoms with E-state index in [1.54, 1.807) is 4.90 Å². The minimum atomic E-state index is -3.84. The molecule has 0 aromatic heterocycles. The molecule has 27 heavy (non-hydrogen) atoms. The van der Waals surface area contributed by atoms with Gasteiger partial charge in [0, 0.05) is 37.2 Å². The fraction of sp³-hybridized carbons (Fsp3) is 0.556. The van der Waals surface area contributed by atoms with Gasteiger partial charge in [-0.1, -0.05) is 30.9 Å². The molecular weight excluding hydrogens is 388 g/mol. The standard InChI is InChI=1S/C18H23ClN4O3S/c19-15-7-6-14(13-20)17(12-15)27(25,26)23-10-8-22(9-11-23)18(24)21-16-4-2-1-3-5-16/h6-7,12,16H,1-5,8-11H2,(H,21,24). The minimum Gasteiger partial charge on any atom is -0.335 e. The van der Waals surface area contributed by atoms with Crippen LogP contribution in [0.4, 0.5) is 4.79 Å². The summed E-state index contributed by atoms with van der Waals surface area (Å²) in [5.41, 5.74) is 0.0665. The van der Waals surface area contributed by atoms with Crippen molar-refractivity contribution in [3.05, 3.63) is 28.8 Å². The molecule has 1 N–H and O–H groups in total. The topological polar surface area (TPSA) is 93.5 Å². The molecule has 1 aliphatic carbocycles. The zero-order valence-corrected chi connectivity index (χ0v) is 16.6. The molecule has 0 atom stereocenters. The van der Waals surface area contributed by atoms with E-state index < -0.39 is 10.0 Å². The molecule has 2 amide bonds. The molecule has 1 aliphatic heterocycles. The molecule has 0 bridgehead atoms. The molecule has 1 heterocycles. The lowest BCUT2D eigenvalue weighted by molar-refractivity contribution is 0.166. The largest absolute Gasteiger partial charge is 0.335 e. The Hall–Kier alpha value is -1.82. The molecule has 0 unspecified atom stereocenters. The van der Waals surface area contributed by atoms with Crippen LogP contribution in [0.15, 0.2) is 23.1 Å². The van der Waals surface area contributed by atoms with Crippen molar-refractivity contribution in [1.29, 1.82) is 5.26 Å². The first-order valence-corrected chi connectivity index (χ1v) is 11.0. The van der Waals surface area contributed by atoms with Gasteiger partial charge in [-0.2, -0.15) is 9.57 Å². The number of nitrogens with zero attached hydrogens (tertiary/aromatic N) is 3. The number of rotatable bonds is 3. The molecule has 7 nitrogen and oxygen atoms in total. The maximum atomic E-state index is 12.9. The number of hydrogen-bond acceptors (Lipinski definition) is 4. The fourth-order valence-corrected chi connectivity index (χ4v) is 5.41. The van der Waals surface area contributed by atoms with Crippen molar-refractivity contribution >= 4 is 27.7 Å². The summed E-state index contributed by atoms with van der Waals surface area (Å²) in [7, 11) is -3.84. The van der Waals surface area contributed by atoms with Crippen molar-refractivity contribution in [1.82, 2.24) is 14.5 Å². The van der Waals surface area contributed by atoms with Crippen molar-refractivity contribution in [3.63, 3.8) is 0 Å². The average molecular weight is 411 g/mol. The summed E-state index contributed by atoms with van der Waals surface area (Å²) in [5, 5.41) is 12.5. The third-order valence-corrected chi connectivity index (χ3v) is 7.31. The second-order valence-corrected chi connectivity index (χ2v) is 9.27. The van der Waals surface area contributed by atoms with E-state index in [-0.39, 0.29) is 40.6 Å². The lowest BCUT2D eigenvalue weighted by atomic mass is 9.96. The van der Waals surface area contributed by atoms with Gasteiger partial charge in [-0.3, -0.25) is 0 Å². The van der Waals surface area contributed by atoms with E-state index in [2.05, 4.69) is 5.32 Å². The summed E-state index contributed by atoms with van der Waals surface area (Å²) in [4.78, 5) is 14.0. The van der Waals surface area contributed by atoms with E-state index in [4.69, 9.17) is 11.6 Å². The van der Waals surface area contributed by atoms with Gasteiger partial charge in [0.1, 0.15) is 11.0 Å². The first-order valence-electron chi connectivity index (χ1n) is 9.17. The number of benzene rings is 1. The highest BCUT2D eigenvalue weighted by molar-refractivity contribution is 7.89. The molecule has 2 aliphatic rings. The van der Waals surface area contributed by atoms with Gasteiger partial charge in [0.25, 0.3) is 0 Å². The van der Waals surface area contributed by atoms with Gasteiger partial charge in [-0.25, -0.2) is 13.2 Å². The lowest BCUT2D eigenvalue weighted by Crippen LogP contribution is -2.54. The van der Waals surface area contributed by atoms with Gasteiger partial charge in [0.2, 0.25) is 10.0 Å².